The molecule has 1 saturated carbocycles. The molecule has 2 saturated heterocycles. The van der Waals surface area contributed by atoms with Crippen molar-refractivity contribution in [1.29, 1.82) is 0 Å². The molecule has 0 bridgehead atoms. The quantitative estimate of drug-likeness (QED) is 0.461. The van der Waals surface area contributed by atoms with Crippen LogP contribution in [0.2, 0.25) is 5.02 Å². The molecule has 35 heavy (non-hydrogen) atoms. The molecule has 6 rings (SSSR count). The van der Waals surface area contributed by atoms with Crippen LogP contribution in [0.15, 0.2) is 30.5 Å². The molecule has 3 aliphatic rings. The highest BCUT2D eigenvalue weighted by Gasteiger charge is 2.54. The number of fused-ring (bicyclic) bond motifs is 1. The molecule has 1 spiro atoms. The van der Waals surface area contributed by atoms with Crippen molar-refractivity contribution in [2.45, 2.75) is 58.1 Å². The number of ether oxygens (including phenoxy) is 1. The highest BCUT2D eigenvalue weighted by Crippen LogP contribution is 2.50. The summed E-state index contributed by atoms with van der Waals surface area (Å²) in [5.74, 6) is 0.798. The number of nitrogens with zero attached hydrogens (tertiary/aromatic N) is 2. The zero-order valence-corrected chi connectivity index (χ0v) is 21.3. The number of likely N-dealkylation sites (tertiary alicyclic amines) is 1. The first-order chi connectivity index (χ1) is 16.9. The number of piperidine rings is 1. The summed E-state index contributed by atoms with van der Waals surface area (Å²) in [5, 5.41) is 4.07. The summed E-state index contributed by atoms with van der Waals surface area (Å²) in [7, 11) is 0. The predicted octanol–water partition coefficient (Wildman–Crippen LogP) is 5.49. The van der Waals surface area contributed by atoms with E-state index in [1.54, 1.807) is 17.5 Å². The number of aromatic nitrogens is 1. The van der Waals surface area contributed by atoms with Crippen molar-refractivity contribution in [3.63, 3.8) is 0 Å². The maximum Gasteiger partial charge on any atom is 0.236 e. The number of thiophene rings is 1. The lowest BCUT2D eigenvalue weighted by atomic mass is 9.68. The molecular weight excluding hydrogens is 482 g/mol. The third kappa shape index (κ3) is 4.03. The fourth-order valence-corrected chi connectivity index (χ4v) is 7.02. The van der Waals surface area contributed by atoms with Crippen LogP contribution in [0.3, 0.4) is 0 Å². The highest BCUT2D eigenvalue weighted by atomic mass is 35.5. The standard InChI is InChI=1S/C27H28ClN3O3S/c1-16-10-17(28)11-21(24(16)34-18-4-2-8-29-14-18)20-5-9-30-22-12-19(35-25(20)22)15-31-23(32)13-27(26(31)33)6-3-7-27/h5,9-12,18,29H,2-4,6-8,13-15H2,1H3/t18-/m0/s1. The van der Waals surface area contributed by atoms with E-state index in [0.29, 0.717) is 18.0 Å². The molecule has 8 heteroatoms. The first-order valence-electron chi connectivity index (χ1n) is 12.3. The number of hydrogen-bond donors (Lipinski definition) is 1. The summed E-state index contributed by atoms with van der Waals surface area (Å²) in [5.41, 5.74) is 3.38. The fraction of sp³-hybridized carbons (Fsp3) is 0.444. The second-order valence-electron chi connectivity index (χ2n) is 10.1. The van der Waals surface area contributed by atoms with Crippen LogP contribution < -0.4 is 10.1 Å². The second kappa shape index (κ2) is 8.87. The van der Waals surface area contributed by atoms with Gasteiger partial charge in [0.25, 0.3) is 0 Å². The van der Waals surface area contributed by atoms with Crippen LogP contribution in [0.4, 0.5) is 0 Å². The van der Waals surface area contributed by atoms with Gasteiger partial charge in [-0.05, 0) is 69.0 Å². The van der Waals surface area contributed by atoms with E-state index < -0.39 is 5.41 Å². The normalized spacial score (nSPS) is 21.7. The predicted molar refractivity (Wildman–Crippen MR) is 138 cm³/mol. The number of amides is 2. The van der Waals surface area contributed by atoms with E-state index in [0.717, 1.165) is 82.7 Å². The van der Waals surface area contributed by atoms with E-state index in [1.165, 1.54) is 4.90 Å². The summed E-state index contributed by atoms with van der Waals surface area (Å²) >= 11 is 8.08. The van der Waals surface area contributed by atoms with Gasteiger partial charge in [0.15, 0.2) is 0 Å². The van der Waals surface area contributed by atoms with E-state index in [2.05, 4.69) is 10.3 Å². The van der Waals surface area contributed by atoms with E-state index in [-0.39, 0.29) is 17.9 Å². The number of nitrogens with one attached hydrogen (secondary N) is 1. The van der Waals surface area contributed by atoms with Crippen molar-refractivity contribution in [3.8, 4) is 16.9 Å². The summed E-state index contributed by atoms with van der Waals surface area (Å²) < 4.78 is 7.53. The number of halogens is 1. The van der Waals surface area contributed by atoms with Gasteiger partial charge in [-0.1, -0.05) is 18.0 Å². The van der Waals surface area contributed by atoms with Crippen LogP contribution in [0.5, 0.6) is 5.75 Å². The number of benzene rings is 1. The Morgan fingerprint density at radius 1 is 1.23 bits per heavy atom. The van der Waals surface area contributed by atoms with Crippen molar-refractivity contribution < 1.29 is 14.3 Å². The van der Waals surface area contributed by atoms with Gasteiger partial charge in [-0.15, -0.1) is 11.3 Å². The van der Waals surface area contributed by atoms with E-state index in [9.17, 15) is 9.59 Å². The van der Waals surface area contributed by atoms with Crippen LogP contribution in [0.1, 0.15) is 49.0 Å². The second-order valence-corrected chi connectivity index (χ2v) is 11.6. The third-order valence-corrected chi connectivity index (χ3v) is 9.00. The zero-order chi connectivity index (χ0) is 24.2. The Balaban J connectivity index is 1.36. The number of imide groups is 1. The summed E-state index contributed by atoms with van der Waals surface area (Å²) in [6, 6.07) is 7.89. The number of carbonyl (C=O) groups excluding carboxylic acids is 2. The van der Waals surface area contributed by atoms with Gasteiger partial charge >= 0.3 is 0 Å². The van der Waals surface area contributed by atoms with Crippen molar-refractivity contribution in [1.82, 2.24) is 15.2 Å². The van der Waals surface area contributed by atoms with E-state index in [1.807, 2.05) is 31.2 Å². The third-order valence-electron chi connectivity index (χ3n) is 7.64. The molecule has 6 nitrogen and oxygen atoms in total. The van der Waals surface area contributed by atoms with Crippen LogP contribution in [-0.2, 0) is 16.1 Å². The van der Waals surface area contributed by atoms with E-state index >= 15 is 0 Å². The van der Waals surface area contributed by atoms with Gasteiger partial charge in [0.2, 0.25) is 11.8 Å². The van der Waals surface area contributed by atoms with Gasteiger partial charge in [-0.25, -0.2) is 0 Å². The molecular formula is C27H28ClN3O3S. The monoisotopic (exact) mass is 509 g/mol. The van der Waals surface area contributed by atoms with Gasteiger partial charge in [-0.3, -0.25) is 19.5 Å². The minimum Gasteiger partial charge on any atom is -0.488 e. The topological polar surface area (TPSA) is 71.5 Å². The summed E-state index contributed by atoms with van der Waals surface area (Å²) in [6.07, 6.45) is 7.08. The Hall–Kier alpha value is -2.48. The lowest BCUT2D eigenvalue weighted by Crippen LogP contribution is -2.39. The van der Waals surface area contributed by atoms with Gasteiger partial charge in [0.05, 0.1) is 22.2 Å². The molecule has 4 heterocycles. The number of hydrogen-bond acceptors (Lipinski definition) is 6. The Labute approximate surface area is 213 Å². The zero-order valence-electron chi connectivity index (χ0n) is 19.7. The molecule has 2 aliphatic heterocycles. The summed E-state index contributed by atoms with van der Waals surface area (Å²) in [4.78, 5) is 32.7. The molecule has 2 aromatic heterocycles. The van der Waals surface area contributed by atoms with Crippen molar-refractivity contribution in [3.05, 3.63) is 45.9 Å². The van der Waals surface area contributed by atoms with Crippen LogP contribution in [-0.4, -0.2) is 40.9 Å². The number of aryl methyl sites for hydroxylation is 1. The molecule has 1 N–H and O–H groups in total. The van der Waals surface area contributed by atoms with Gasteiger partial charge in [0.1, 0.15) is 11.9 Å². The van der Waals surface area contributed by atoms with E-state index in [4.69, 9.17) is 16.3 Å². The maximum atomic E-state index is 13.0. The Morgan fingerprint density at radius 3 is 2.80 bits per heavy atom. The van der Waals surface area contributed by atoms with Crippen molar-refractivity contribution in [2.75, 3.05) is 13.1 Å². The number of rotatable bonds is 5. The minimum absolute atomic E-state index is 0.00151. The lowest BCUT2D eigenvalue weighted by molar-refractivity contribution is -0.144. The lowest BCUT2D eigenvalue weighted by Gasteiger charge is -2.35. The molecule has 1 aromatic carbocycles. The molecule has 3 fully saturated rings. The van der Waals surface area contributed by atoms with Crippen molar-refractivity contribution in [2.24, 2.45) is 5.41 Å². The molecule has 0 radical (unpaired) electrons. The Kier molecular flexibility index (Phi) is 5.82. The number of pyridine rings is 1. The first-order valence-corrected chi connectivity index (χ1v) is 13.5. The van der Waals surface area contributed by atoms with Gasteiger partial charge in [0, 0.05) is 40.2 Å². The SMILES string of the molecule is Cc1cc(Cl)cc(-c2ccnc3cc(CN4C(=O)CC5(CCC5)C4=O)sc23)c1O[C@H]1CCCNC1. The maximum absolute atomic E-state index is 13.0. The summed E-state index contributed by atoms with van der Waals surface area (Å²) in [6.45, 7) is 4.19. The van der Waals surface area contributed by atoms with Gasteiger partial charge in [-0.2, -0.15) is 0 Å². The molecule has 0 unspecified atom stereocenters. The van der Waals surface area contributed by atoms with Crippen LogP contribution >= 0.6 is 22.9 Å². The van der Waals surface area contributed by atoms with Gasteiger partial charge < -0.3 is 10.1 Å². The molecule has 2 amide bonds. The molecule has 1 atom stereocenters. The van der Waals surface area contributed by atoms with Crippen LogP contribution in [0.25, 0.3) is 21.3 Å². The Bertz CT molecular complexity index is 1330. The smallest absolute Gasteiger partial charge is 0.236 e. The van der Waals surface area contributed by atoms with Crippen molar-refractivity contribution >= 4 is 45.0 Å². The first kappa shape index (κ1) is 23.0. The Morgan fingerprint density at radius 2 is 2.09 bits per heavy atom. The average Bonchev–Trinajstić information content (AvgIpc) is 3.35. The van der Waals surface area contributed by atoms with Crippen LogP contribution in [0, 0.1) is 12.3 Å². The number of carbonyl (C=O) groups is 2. The fourth-order valence-electron chi connectivity index (χ4n) is 5.62. The molecule has 1 aliphatic carbocycles. The average molecular weight is 510 g/mol. The highest BCUT2D eigenvalue weighted by molar-refractivity contribution is 7.19. The minimum atomic E-state index is -0.421. The molecule has 3 aromatic rings. The largest absolute Gasteiger partial charge is 0.488 e. The molecule has 182 valence electrons.